The standard InChI is InChI=1S/C13H16N2O3S2/c16-13(11-7-12-10(15-11)1-4-19-12)14-8-9-2-5-20(17,18)6-3-9/h1,4,7,9,15H,2-3,5-6,8H2,(H,14,16). The van der Waals surface area contributed by atoms with Gasteiger partial charge in [-0.3, -0.25) is 4.79 Å². The number of fused-ring (bicyclic) bond motifs is 1. The van der Waals surface area contributed by atoms with Gasteiger partial charge in [0.2, 0.25) is 0 Å². The molecule has 108 valence electrons. The normalized spacial score (nSPS) is 19.2. The number of H-pyrrole nitrogens is 1. The monoisotopic (exact) mass is 312 g/mol. The number of hydrogen-bond donors (Lipinski definition) is 2. The SMILES string of the molecule is O=C(NCC1CCS(=O)(=O)CC1)c1cc2sccc2[nH]1. The van der Waals surface area contributed by atoms with E-state index in [1.165, 1.54) is 0 Å². The first-order chi connectivity index (χ1) is 9.53. The number of sulfone groups is 1. The zero-order valence-electron chi connectivity index (χ0n) is 10.9. The van der Waals surface area contributed by atoms with Crippen molar-refractivity contribution in [2.24, 2.45) is 5.92 Å². The van der Waals surface area contributed by atoms with Crippen LogP contribution in [0.2, 0.25) is 0 Å². The Labute approximate surface area is 121 Å². The van der Waals surface area contributed by atoms with Crippen molar-refractivity contribution in [1.82, 2.24) is 10.3 Å². The van der Waals surface area contributed by atoms with Crippen LogP contribution in [0.4, 0.5) is 0 Å². The van der Waals surface area contributed by atoms with E-state index in [1.54, 1.807) is 11.3 Å². The number of amides is 1. The second-order valence-electron chi connectivity index (χ2n) is 5.19. The largest absolute Gasteiger partial charge is 0.350 e. The predicted octanol–water partition coefficient (Wildman–Crippen LogP) is 1.78. The van der Waals surface area contributed by atoms with Gasteiger partial charge in [-0.15, -0.1) is 11.3 Å². The first kappa shape index (κ1) is 13.6. The lowest BCUT2D eigenvalue weighted by Gasteiger charge is -2.21. The second-order valence-corrected chi connectivity index (χ2v) is 8.44. The molecule has 3 rings (SSSR count). The highest BCUT2D eigenvalue weighted by molar-refractivity contribution is 7.91. The molecular weight excluding hydrogens is 296 g/mol. The van der Waals surface area contributed by atoms with Gasteiger partial charge in [-0.2, -0.15) is 0 Å². The molecule has 1 amide bonds. The van der Waals surface area contributed by atoms with E-state index >= 15 is 0 Å². The number of carbonyl (C=O) groups is 1. The van der Waals surface area contributed by atoms with E-state index in [1.807, 2.05) is 17.5 Å². The van der Waals surface area contributed by atoms with E-state index < -0.39 is 9.84 Å². The topological polar surface area (TPSA) is 79.0 Å². The van der Waals surface area contributed by atoms with Crippen LogP contribution in [0.5, 0.6) is 0 Å². The minimum atomic E-state index is -2.83. The molecule has 1 aliphatic rings. The molecule has 2 aromatic rings. The third-order valence-corrected chi connectivity index (χ3v) is 6.29. The predicted molar refractivity (Wildman–Crippen MR) is 79.9 cm³/mol. The van der Waals surface area contributed by atoms with Crippen LogP contribution >= 0.6 is 11.3 Å². The Hall–Kier alpha value is -1.34. The van der Waals surface area contributed by atoms with Gasteiger partial charge in [-0.1, -0.05) is 0 Å². The molecule has 1 saturated heterocycles. The van der Waals surface area contributed by atoms with Crippen LogP contribution in [0.3, 0.4) is 0 Å². The molecule has 3 heterocycles. The van der Waals surface area contributed by atoms with E-state index in [2.05, 4.69) is 10.3 Å². The van der Waals surface area contributed by atoms with Crippen molar-refractivity contribution < 1.29 is 13.2 Å². The Morgan fingerprint density at radius 2 is 2.15 bits per heavy atom. The lowest BCUT2D eigenvalue weighted by atomic mass is 10.0. The zero-order valence-corrected chi connectivity index (χ0v) is 12.5. The summed E-state index contributed by atoms with van der Waals surface area (Å²) >= 11 is 1.59. The van der Waals surface area contributed by atoms with E-state index in [0.717, 1.165) is 10.2 Å². The van der Waals surface area contributed by atoms with Crippen molar-refractivity contribution >= 4 is 37.3 Å². The maximum Gasteiger partial charge on any atom is 0.267 e. The average Bonchev–Trinajstić information content (AvgIpc) is 2.97. The second kappa shape index (κ2) is 5.21. The van der Waals surface area contributed by atoms with Gasteiger partial charge in [0.1, 0.15) is 15.5 Å². The highest BCUT2D eigenvalue weighted by Crippen LogP contribution is 2.21. The molecule has 0 atom stereocenters. The molecule has 1 fully saturated rings. The summed E-state index contributed by atoms with van der Waals surface area (Å²) in [6.45, 7) is 0.543. The summed E-state index contributed by atoms with van der Waals surface area (Å²) in [7, 11) is -2.83. The first-order valence-corrected chi connectivity index (χ1v) is 9.28. The number of rotatable bonds is 3. The number of carbonyl (C=O) groups excluding carboxylic acids is 1. The van der Waals surface area contributed by atoms with Crippen molar-refractivity contribution in [3.05, 3.63) is 23.2 Å². The molecule has 0 spiro atoms. The van der Waals surface area contributed by atoms with Gasteiger partial charge >= 0.3 is 0 Å². The molecule has 0 saturated carbocycles. The molecule has 0 radical (unpaired) electrons. The zero-order chi connectivity index (χ0) is 14.2. The van der Waals surface area contributed by atoms with Crippen LogP contribution in [0.15, 0.2) is 17.5 Å². The molecule has 0 aliphatic carbocycles. The molecule has 0 bridgehead atoms. The lowest BCUT2D eigenvalue weighted by Crippen LogP contribution is -2.34. The molecule has 2 aromatic heterocycles. The van der Waals surface area contributed by atoms with Crippen molar-refractivity contribution in [3.63, 3.8) is 0 Å². The van der Waals surface area contributed by atoms with Crippen LogP contribution in [-0.2, 0) is 9.84 Å². The molecular formula is C13H16N2O3S2. The van der Waals surface area contributed by atoms with Gasteiger partial charge in [0.15, 0.2) is 0 Å². The fraction of sp³-hybridized carbons (Fsp3) is 0.462. The quantitative estimate of drug-likeness (QED) is 0.907. The van der Waals surface area contributed by atoms with E-state index in [-0.39, 0.29) is 23.3 Å². The molecule has 0 aromatic carbocycles. The molecule has 2 N–H and O–H groups in total. The average molecular weight is 312 g/mol. The van der Waals surface area contributed by atoms with Crippen LogP contribution in [0, 0.1) is 5.92 Å². The maximum absolute atomic E-state index is 12.0. The van der Waals surface area contributed by atoms with Crippen molar-refractivity contribution in [1.29, 1.82) is 0 Å². The lowest BCUT2D eigenvalue weighted by molar-refractivity contribution is 0.0942. The number of nitrogens with one attached hydrogen (secondary N) is 2. The Morgan fingerprint density at radius 3 is 2.85 bits per heavy atom. The first-order valence-electron chi connectivity index (χ1n) is 6.58. The van der Waals surface area contributed by atoms with Gasteiger partial charge in [0.05, 0.1) is 21.7 Å². The van der Waals surface area contributed by atoms with E-state index in [4.69, 9.17) is 0 Å². The smallest absolute Gasteiger partial charge is 0.267 e. The summed E-state index contributed by atoms with van der Waals surface area (Å²) in [6.07, 6.45) is 1.28. The molecule has 20 heavy (non-hydrogen) atoms. The molecule has 1 aliphatic heterocycles. The minimum absolute atomic E-state index is 0.123. The molecule has 0 unspecified atom stereocenters. The molecule has 5 nitrogen and oxygen atoms in total. The fourth-order valence-corrected chi connectivity index (χ4v) is 4.82. The highest BCUT2D eigenvalue weighted by atomic mass is 32.2. The van der Waals surface area contributed by atoms with Crippen LogP contribution in [0.1, 0.15) is 23.3 Å². The van der Waals surface area contributed by atoms with Crippen molar-refractivity contribution in [3.8, 4) is 0 Å². The van der Waals surface area contributed by atoms with Crippen LogP contribution in [0.25, 0.3) is 10.2 Å². The fourth-order valence-electron chi connectivity index (χ4n) is 2.45. The Bertz CT molecular complexity index is 687. The third-order valence-electron chi connectivity index (χ3n) is 3.71. The highest BCUT2D eigenvalue weighted by Gasteiger charge is 2.24. The number of aromatic nitrogens is 1. The van der Waals surface area contributed by atoms with E-state index in [0.29, 0.717) is 25.1 Å². The van der Waals surface area contributed by atoms with E-state index in [9.17, 15) is 13.2 Å². The van der Waals surface area contributed by atoms with Crippen LogP contribution in [-0.4, -0.2) is 37.4 Å². The van der Waals surface area contributed by atoms with Crippen molar-refractivity contribution in [2.75, 3.05) is 18.1 Å². The number of thiophene rings is 1. The third kappa shape index (κ3) is 2.88. The van der Waals surface area contributed by atoms with Crippen molar-refractivity contribution in [2.45, 2.75) is 12.8 Å². The molecule has 7 heteroatoms. The Balaban J connectivity index is 1.56. The summed E-state index contributed by atoms with van der Waals surface area (Å²) in [5.41, 5.74) is 1.54. The minimum Gasteiger partial charge on any atom is -0.350 e. The summed E-state index contributed by atoms with van der Waals surface area (Å²) < 4.78 is 23.7. The number of aromatic amines is 1. The van der Waals surface area contributed by atoms with Gasteiger partial charge in [0, 0.05) is 6.54 Å². The number of hydrogen-bond acceptors (Lipinski definition) is 4. The van der Waals surface area contributed by atoms with Crippen LogP contribution < -0.4 is 5.32 Å². The van der Waals surface area contributed by atoms with Gasteiger partial charge in [-0.05, 0) is 36.3 Å². The summed E-state index contributed by atoms with van der Waals surface area (Å²) in [5.74, 6) is 0.623. The Kier molecular flexibility index (Phi) is 3.55. The Morgan fingerprint density at radius 1 is 1.40 bits per heavy atom. The summed E-state index contributed by atoms with van der Waals surface area (Å²) in [5, 5.41) is 4.86. The summed E-state index contributed by atoms with van der Waals surface area (Å²) in [4.78, 5) is 15.1. The summed E-state index contributed by atoms with van der Waals surface area (Å²) in [6, 6.07) is 3.80. The van der Waals surface area contributed by atoms with Gasteiger partial charge in [0.25, 0.3) is 5.91 Å². The van der Waals surface area contributed by atoms with Gasteiger partial charge < -0.3 is 10.3 Å². The maximum atomic E-state index is 12.0. The van der Waals surface area contributed by atoms with Gasteiger partial charge in [-0.25, -0.2) is 8.42 Å².